The quantitative estimate of drug-likeness (QED) is 0.788. The van der Waals surface area contributed by atoms with Gasteiger partial charge in [-0.3, -0.25) is 4.79 Å². The zero-order valence-corrected chi connectivity index (χ0v) is 12.7. The maximum atomic E-state index is 12.5. The van der Waals surface area contributed by atoms with Crippen LogP contribution in [0.5, 0.6) is 0 Å². The molecular formula is C13H20ClN3O3. The highest BCUT2D eigenvalue weighted by molar-refractivity contribution is 6.33. The molecular weight excluding hydrogens is 282 g/mol. The maximum absolute atomic E-state index is 12.5. The average molecular weight is 302 g/mol. The number of nitrogens with one attached hydrogen (secondary N) is 1. The highest BCUT2D eigenvalue weighted by atomic mass is 35.5. The first kappa shape index (κ1) is 16.7. The minimum atomic E-state index is -0.164. The standard InChI is InChI=1S/C13H20ClN3O3/c1-15-12-8-10(11(14)9-16-12)13(18)17(4-6-19-2)5-7-20-3/h8-9H,4-7H2,1-3H3,(H,15,16). The lowest BCUT2D eigenvalue weighted by Crippen LogP contribution is -2.36. The first-order valence-electron chi connectivity index (χ1n) is 6.24. The van der Waals surface area contributed by atoms with Gasteiger partial charge in [0.15, 0.2) is 0 Å². The molecule has 0 spiro atoms. The van der Waals surface area contributed by atoms with Gasteiger partial charge in [0.25, 0.3) is 5.91 Å². The molecule has 1 heterocycles. The molecule has 0 bridgehead atoms. The van der Waals surface area contributed by atoms with E-state index >= 15 is 0 Å². The lowest BCUT2D eigenvalue weighted by Gasteiger charge is -2.22. The van der Waals surface area contributed by atoms with Crippen LogP contribution in [0.25, 0.3) is 0 Å². The van der Waals surface area contributed by atoms with Gasteiger partial charge < -0.3 is 19.7 Å². The predicted molar refractivity (Wildman–Crippen MR) is 78.4 cm³/mol. The highest BCUT2D eigenvalue weighted by Gasteiger charge is 2.19. The van der Waals surface area contributed by atoms with Crippen molar-refractivity contribution < 1.29 is 14.3 Å². The zero-order valence-electron chi connectivity index (χ0n) is 12.0. The Kier molecular flexibility index (Phi) is 7.28. The molecule has 7 heteroatoms. The number of nitrogens with zero attached hydrogens (tertiary/aromatic N) is 2. The Morgan fingerprint density at radius 2 is 1.95 bits per heavy atom. The van der Waals surface area contributed by atoms with E-state index < -0.39 is 0 Å². The molecule has 0 aliphatic heterocycles. The van der Waals surface area contributed by atoms with Crippen molar-refractivity contribution in [2.24, 2.45) is 0 Å². The Bertz CT molecular complexity index is 435. The van der Waals surface area contributed by atoms with E-state index in [4.69, 9.17) is 21.1 Å². The van der Waals surface area contributed by atoms with Crippen LogP contribution < -0.4 is 5.32 Å². The molecule has 0 radical (unpaired) electrons. The molecule has 1 N–H and O–H groups in total. The minimum absolute atomic E-state index is 0.164. The molecule has 0 aliphatic carbocycles. The van der Waals surface area contributed by atoms with Crippen LogP contribution in [0.2, 0.25) is 5.02 Å². The Hall–Kier alpha value is -1.37. The fourth-order valence-electron chi connectivity index (χ4n) is 1.63. The first-order valence-corrected chi connectivity index (χ1v) is 6.62. The number of hydrogen-bond acceptors (Lipinski definition) is 5. The molecule has 6 nitrogen and oxygen atoms in total. The van der Waals surface area contributed by atoms with E-state index in [1.165, 1.54) is 6.20 Å². The summed E-state index contributed by atoms with van der Waals surface area (Å²) in [7, 11) is 4.92. The second-order valence-corrected chi connectivity index (χ2v) is 4.48. The number of methoxy groups -OCH3 is 2. The number of aromatic nitrogens is 1. The number of pyridine rings is 1. The van der Waals surface area contributed by atoms with Crippen molar-refractivity contribution in [2.75, 3.05) is 52.9 Å². The van der Waals surface area contributed by atoms with Crippen LogP contribution in [0.1, 0.15) is 10.4 Å². The molecule has 1 rings (SSSR count). The Labute approximate surface area is 124 Å². The summed E-state index contributed by atoms with van der Waals surface area (Å²) >= 11 is 6.06. The van der Waals surface area contributed by atoms with Gasteiger partial charge in [-0.1, -0.05) is 11.6 Å². The van der Waals surface area contributed by atoms with Gasteiger partial charge in [-0.25, -0.2) is 4.98 Å². The third-order valence-electron chi connectivity index (χ3n) is 2.76. The molecule has 0 aromatic carbocycles. The topological polar surface area (TPSA) is 63.7 Å². The Balaban J connectivity index is 2.91. The average Bonchev–Trinajstić information content (AvgIpc) is 2.47. The zero-order chi connectivity index (χ0) is 15.0. The molecule has 0 saturated heterocycles. The van der Waals surface area contributed by atoms with Crippen molar-refractivity contribution >= 4 is 23.3 Å². The van der Waals surface area contributed by atoms with E-state index in [0.29, 0.717) is 42.7 Å². The van der Waals surface area contributed by atoms with Crippen LogP contribution in [0.3, 0.4) is 0 Å². The number of rotatable bonds is 8. The lowest BCUT2D eigenvalue weighted by atomic mass is 10.2. The maximum Gasteiger partial charge on any atom is 0.255 e. The monoisotopic (exact) mass is 301 g/mol. The van der Waals surface area contributed by atoms with Crippen LogP contribution in [-0.2, 0) is 9.47 Å². The van der Waals surface area contributed by atoms with Gasteiger partial charge in [-0.2, -0.15) is 0 Å². The number of amides is 1. The van der Waals surface area contributed by atoms with Crippen LogP contribution in [0.15, 0.2) is 12.3 Å². The van der Waals surface area contributed by atoms with Crippen molar-refractivity contribution in [3.05, 3.63) is 22.8 Å². The second-order valence-electron chi connectivity index (χ2n) is 4.08. The molecule has 20 heavy (non-hydrogen) atoms. The van der Waals surface area contributed by atoms with E-state index in [2.05, 4.69) is 10.3 Å². The molecule has 1 amide bonds. The predicted octanol–water partition coefficient (Wildman–Crippen LogP) is 1.51. The summed E-state index contributed by atoms with van der Waals surface area (Å²) in [4.78, 5) is 18.2. The molecule has 1 aromatic heterocycles. The number of hydrogen-bond donors (Lipinski definition) is 1. The van der Waals surface area contributed by atoms with E-state index in [-0.39, 0.29) is 5.91 Å². The van der Waals surface area contributed by atoms with Crippen LogP contribution in [-0.4, -0.2) is 63.4 Å². The first-order chi connectivity index (χ1) is 9.63. The van der Waals surface area contributed by atoms with Crippen molar-refractivity contribution in [1.82, 2.24) is 9.88 Å². The van der Waals surface area contributed by atoms with Gasteiger partial charge in [0, 0.05) is 40.6 Å². The highest BCUT2D eigenvalue weighted by Crippen LogP contribution is 2.19. The van der Waals surface area contributed by atoms with Crippen molar-refractivity contribution in [3.8, 4) is 0 Å². The summed E-state index contributed by atoms with van der Waals surface area (Å²) in [5, 5.41) is 3.21. The summed E-state index contributed by atoms with van der Waals surface area (Å²) < 4.78 is 10.0. The molecule has 0 aliphatic rings. The Morgan fingerprint density at radius 1 is 1.35 bits per heavy atom. The van der Waals surface area contributed by atoms with E-state index in [1.807, 2.05) is 0 Å². The smallest absolute Gasteiger partial charge is 0.255 e. The van der Waals surface area contributed by atoms with Gasteiger partial charge >= 0.3 is 0 Å². The van der Waals surface area contributed by atoms with Crippen LogP contribution in [0.4, 0.5) is 5.82 Å². The van der Waals surface area contributed by atoms with Crippen LogP contribution in [0, 0.1) is 0 Å². The normalized spacial score (nSPS) is 10.4. The van der Waals surface area contributed by atoms with Gasteiger partial charge in [0.2, 0.25) is 0 Å². The van der Waals surface area contributed by atoms with Gasteiger partial charge in [0.05, 0.1) is 23.8 Å². The fourth-order valence-corrected chi connectivity index (χ4v) is 1.81. The number of anilines is 1. The largest absolute Gasteiger partial charge is 0.383 e. The summed E-state index contributed by atoms with van der Waals surface area (Å²) in [5.41, 5.74) is 0.415. The van der Waals surface area contributed by atoms with Crippen molar-refractivity contribution in [3.63, 3.8) is 0 Å². The summed E-state index contributed by atoms with van der Waals surface area (Å²) in [6.45, 7) is 1.87. The van der Waals surface area contributed by atoms with Crippen LogP contribution >= 0.6 is 11.6 Å². The summed E-state index contributed by atoms with van der Waals surface area (Å²) in [6.07, 6.45) is 1.46. The van der Waals surface area contributed by atoms with Gasteiger partial charge in [-0.15, -0.1) is 0 Å². The molecule has 0 unspecified atom stereocenters. The fraction of sp³-hybridized carbons (Fsp3) is 0.538. The number of carbonyl (C=O) groups excluding carboxylic acids is 1. The van der Waals surface area contributed by atoms with Crippen molar-refractivity contribution in [1.29, 1.82) is 0 Å². The van der Waals surface area contributed by atoms with Gasteiger partial charge in [-0.05, 0) is 6.07 Å². The number of ether oxygens (including phenoxy) is 2. The molecule has 0 saturated carbocycles. The second kappa shape index (κ2) is 8.73. The third-order valence-corrected chi connectivity index (χ3v) is 3.06. The molecule has 112 valence electrons. The lowest BCUT2D eigenvalue weighted by molar-refractivity contribution is 0.0627. The molecule has 0 fully saturated rings. The number of halogens is 1. The minimum Gasteiger partial charge on any atom is -0.383 e. The summed E-state index contributed by atoms with van der Waals surface area (Å²) in [5.74, 6) is 0.430. The number of carbonyl (C=O) groups is 1. The van der Waals surface area contributed by atoms with Gasteiger partial charge in [0.1, 0.15) is 5.82 Å². The molecule has 1 aromatic rings. The van der Waals surface area contributed by atoms with E-state index in [0.717, 1.165) is 0 Å². The van der Waals surface area contributed by atoms with E-state index in [1.54, 1.807) is 32.2 Å². The van der Waals surface area contributed by atoms with Crippen molar-refractivity contribution in [2.45, 2.75) is 0 Å². The SMILES string of the molecule is CNc1cc(C(=O)N(CCOC)CCOC)c(Cl)cn1. The summed E-state index contributed by atoms with van der Waals surface area (Å²) in [6, 6.07) is 1.64. The Morgan fingerprint density at radius 3 is 2.45 bits per heavy atom. The third kappa shape index (κ3) is 4.63. The van der Waals surface area contributed by atoms with E-state index in [9.17, 15) is 4.79 Å². The molecule has 0 atom stereocenters.